The van der Waals surface area contributed by atoms with Crippen molar-refractivity contribution in [3.8, 4) is 0 Å². The molecule has 0 fully saturated rings. The Bertz CT molecular complexity index is 1240. The van der Waals surface area contributed by atoms with Crippen molar-refractivity contribution in [2.24, 2.45) is 0 Å². The van der Waals surface area contributed by atoms with Crippen molar-refractivity contribution in [3.05, 3.63) is 96.6 Å². The van der Waals surface area contributed by atoms with Gasteiger partial charge in [0, 0.05) is 17.5 Å². The molecule has 0 radical (unpaired) electrons. The summed E-state index contributed by atoms with van der Waals surface area (Å²) in [6.07, 6.45) is 5.69. The van der Waals surface area contributed by atoms with Crippen molar-refractivity contribution in [3.63, 3.8) is 0 Å². The number of aromatic nitrogens is 4. The monoisotopic (exact) mass is 380 g/mol. The van der Waals surface area contributed by atoms with Gasteiger partial charge in [0.25, 0.3) is 0 Å². The Kier molecular flexibility index (Phi) is 3.76. The number of benzene rings is 3. The van der Waals surface area contributed by atoms with Gasteiger partial charge in [-0.15, -0.1) is 0 Å². The van der Waals surface area contributed by atoms with E-state index in [0.717, 1.165) is 32.6 Å². The number of imidazole rings is 2. The van der Waals surface area contributed by atoms with Gasteiger partial charge in [-0.25, -0.2) is 18.3 Å². The molecule has 6 rings (SSSR count). The van der Waals surface area contributed by atoms with Crippen LogP contribution in [0.1, 0.15) is 17.5 Å². The number of fused-ring (bicyclic) bond motifs is 11. The lowest BCUT2D eigenvalue weighted by Crippen LogP contribution is -2.36. The van der Waals surface area contributed by atoms with Crippen molar-refractivity contribution in [1.29, 1.82) is 0 Å². The van der Waals surface area contributed by atoms with E-state index in [1.807, 2.05) is 0 Å². The lowest BCUT2D eigenvalue weighted by molar-refractivity contribution is -0.668. The zero-order valence-electron chi connectivity index (χ0n) is 16.4. The van der Waals surface area contributed by atoms with Crippen LogP contribution in [0.15, 0.2) is 85.5 Å². The molecule has 0 unspecified atom stereocenters. The third-order valence-electron chi connectivity index (χ3n) is 6.16. The van der Waals surface area contributed by atoms with Crippen LogP contribution in [0.2, 0.25) is 0 Å². The summed E-state index contributed by atoms with van der Waals surface area (Å²) in [5.74, 6) is 0. The first-order valence-electron chi connectivity index (χ1n) is 10.4. The molecule has 3 heterocycles. The van der Waals surface area contributed by atoms with E-state index < -0.39 is 0 Å². The second-order valence-corrected chi connectivity index (χ2v) is 7.97. The molecule has 2 aromatic heterocycles. The predicted octanol–water partition coefficient (Wildman–Crippen LogP) is 3.67. The number of aryl methyl sites for hydroxylation is 2. The number of nitrogens with zero attached hydrogens (tertiary/aromatic N) is 4. The minimum atomic E-state index is 0.892. The van der Waals surface area contributed by atoms with E-state index in [4.69, 9.17) is 0 Å². The lowest BCUT2D eigenvalue weighted by Gasteiger charge is -2.07. The summed E-state index contributed by atoms with van der Waals surface area (Å²) in [5.41, 5.74) is 7.99. The third-order valence-corrected chi connectivity index (χ3v) is 6.16. The molecule has 1 aliphatic rings. The molecule has 0 saturated heterocycles. The highest BCUT2D eigenvalue weighted by molar-refractivity contribution is 5.72. The Labute approximate surface area is 169 Å². The molecule has 0 N–H and O–H groups in total. The molecule has 0 amide bonds. The number of hydrogen-bond donors (Lipinski definition) is 0. The summed E-state index contributed by atoms with van der Waals surface area (Å²) in [4.78, 5) is 0. The van der Waals surface area contributed by atoms with Gasteiger partial charge in [-0.05, 0) is 24.3 Å². The topological polar surface area (TPSA) is 17.6 Å². The van der Waals surface area contributed by atoms with Crippen molar-refractivity contribution in [1.82, 2.24) is 9.13 Å². The largest absolute Gasteiger partial charge is 0.245 e. The summed E-state index contributed by atoms with van der Waals surface area (Å²) in [7, 11) is 0. The van der Waals surface area contributed by atoms with E-state index in [1.165, 1.54) is 33.2 Å². The maximum Gasteiger partial charge on any atom is 0.245 e. The molecule has 4 heteroatoms. The van der Waals surface area contributed by atoms with Crippen LogP contribution in [-0.2, 0) is 26.2 Å². The van der Waals surface area contributed by atoms with Gasteiger partial charge in [0.05, 0.1) is 13.1 Å². The lowest BCUT2D eigenvalue weighted by atomic mass is 10.1. The molecule has 5 aromatic rings. The average Bonchev–Trinajstić information content (AvgIpc) is 3.29. The summed E-state index contributed by atoms with van der Waals surface area (Å²) in [6, 6.07) is 26.4. The Morgan fingerprint density at radius 2 is 1.00 bits per heavy atom. The number of hydrogen-bond acceptors (Lipinski definition) is 0. The molecule has 0 spiro atoms. The van der Waals surface area contributed by atoms with E-state index in [2.05, 4.69) is 104 Å². The highest BCUT2D eigenvalue weighted by atomic mass is 15.2. The molecule has 29 heavy (non-hydrogen) atoms. The first kappa shape index (κ1) is 16.5. The Morgan fingerprint density at radius 1 is 0.552 bits per heavy atom. The number of rotatable bonds is 0. The van der Waals surface area contributed by atoms with Crippen LogP contribution in [0.4, 0.5) is 0 Å². The quantitative estimate of drug-likeness (QED) is 0.365. The van der Waals surface area contributed by atoms with E-state index in [1.54, 1.807) is 0 Å². The van der Waals surface area contributed by atoms with Gasteiger partial charge >= 0.3 is 0 Å². The van der Waals surface area contributed by atoms with Crippen molar-refractivity contribution in [2.45, 2.75) is 32.6 Å². The second-order valence-electron chi connectivity index (χ2n) is 7.97. The molecule has 4 nitrogen and oxygen atoms in total. The molecule has 0 aliphatic carbocycles. The maximum absolute atomic E-state index is 2.41. The molecule has 0 saturated carbocycles. The van der Waals surface area contributed by atoms with Gasteiger partial charge in [0.1, 0.15) is 13.1 Å². The molecule has 3 aromatic carbocycles. The molecule has 142 valence electrons. The zero-order chi connectivity index (χ0) is 19.2. The Balaban J connectivity index is 1.55. The highest BCUT2D eigenvalue weighted by Gasteiger charge is 2.21. The van der Waals surface area contributed by atoms with Gasteiger partial charge in [-0.2, -0.15) is 0 Å². The summed E-state index contributed by atoms with van der Waals surface area (Å²) in [5, 5.41) is 0. The van der Waals surface area contributed by atoms with Crippen molar-refractivity contribution < 1.29 is 9.13 Å². The number of para-hydroxylation sites is 4. The minimum absolute atomic E-state index is 0.892. The van der Waals surface area contributed by atoms with Crippen molar-refractivity contribution >= 4 is 22.1 Å². The summed E-state index contributed by atoms with van der Waals surface area (Å²) < 4.78 is 9.63. The van der Waals surface area contributed by atoms with E-state index >= 15 is 0 Å². The van der Waals surface area contributed by atoms with Gasteiger partial charge in [0.15, 0.2) is 22.1 Å². The van der Waals surface area contributed by atoms with Gasteiger partial charge in [0.2, 0.25) is 12.7 Å². The van der Waals surface area contributed by atoms with Crippen LogP contribution >= 0.6 is 0 Å². The molecular weight excluding hydrogens is 356 g/mol. The van der Waals surface area contributed by atoms with Crippen LogP contribution in [-0.4, -0.2) is 9.13 Å². The summed E-state index contributed by atoms with van der Waals surface area (Å²) >= 11 is 0. The van der Waals surface area contributed by atoms with E-state index in [9.17, 15) is 0 Å². The van der Waals surface area contributed by atoms with Crippen molar-refractivity contribution in [2.75, 3.05) is 0 Å². The molecule has 4 bridgehead atoms. The predicted molar refractivity (Wildman–Crippen MR) is 114 cm³/mol. The van der Waals surface area contributed by atoms with Crippen LogP contribution in [0.3, 0.4) is 0 Å². The normalized spacial score (nSPS) is 14.2. The maximum atomic E-state index is 2.41. The fourth-order valence-corrected chi connectivity index (χ4v) is 4.74. The first-order chi connectivity index (χ1) is 14.4. The molecule has 0 atom stereocenters. The zero-order valence-corrected chi connectivity index (χ0v) is 16.4. The average molecular weight is 380 g/mol. The standard InChI is InChI=1S/C25H24N4/c1-2-9-21-17-29-19-27(23-11-4-6-13-25(23)29)15-7-14-26-18-28(16-20(21)8-1)24-12-5-3-10-22(24)26/h1-6,8-13,18-19H,7,14-17H2/q+2. The second kappa shape index (κ2) is 6.59. The fourth-order valence-electron chi connectivity index (χ4n) is 4.74. The molecular formula is C25H24N4+2. The Hall–Kier alpha value is -3.40. The van der Waals surface area contributed by atoms with Crippen LogP contribution < -0.4 is 9.13 Å². The van der Waals surface area contributed by atoms with Gasteiger partial charge < -0.3 is 0 Å². The highest BCUT2D eigenvalue weighted by Crippen LogP contribution is 2.17. The van der Waals surface area contributed by atoms with E-state index in [0.29, 0.717) is 0 Å². The van der Waals surface area contributed by atoms with Crippen LogP contribution in [0, 0.1) is 0 Å². The fraction of sp³-hybridized carbons (Fsp3) is 0.200. The van der Waals surface area contributed by atoms with Gasteiger partial charge in [-0.3, -0.25) is 0 Å². The first-order valence-corrected chi connectivity index (χ1v) is 10.4. The minimum Gasteiger partial charge on any atom is -0.230 e. The third kappa shape index (κ3) is 2.75. The van der Waals surface area contributed by atoms with Crippen LogP contribution in [0.25, 0.3) is 22.1 Å². The van der Waals surface area contributed by atoms with Crippen LogP contribution in [0.5, 0.6) is 0 Å². The SMILES string of the molecule is c1ccc2c(c1)C[n+]1cn(c3ccccc31)CCCn1c[n+](c3ccccc31)C2. The Morgan fingerprint density at radius 3 is 1.52 bits per heavy atom. The van der Waals surface area contributed by atoms with Gasteiger partial charge in [-0.1, -0.05) is 48.5 Å². The van der Waals surface area contributed by atoms with E-state index in [-0.39, 0.29) is 0 Å². The summed E-state index contributed by atoms with van der Waals surface area (Å²) in [6.45, 7) is 3.81. The molecule has 1 aliphatic heterocycles. The smallest absolute Gasteiger partial charge is 0.230 e.